The molecular weight excluding hydrogens is 296 g/mol. The van der Waals surface area contributed by atoms with Crippen molar-refractivity contribution in [3.63, 3.8) is 0 Å². The van der Waals surface area contributed by atoms with Gasteiger partial charge in [-0.25, -0.2) is 0 Å². The molecule has 23 heavy (non-hydrogen) atoms. The highest BCUT2D eigenvalue weighted by Gasteiger charge is 2.28. The smallest absolute Gasteiger partial charge is 0.255 e. The number of nitrogens with one attached hydrogen (secondary N) is 1. The topological polar surface area (TPSA) is 92.1 Å². The van der Waals surface area contributed by atoms with E-state index in [1.165, 1.54) is 12.3 Å². The van der Waals surface area contributed by atoms with Gasteiger partial charge in [0, 0.05) is 37.2 Å². The van der Waals surface area contributed by atoms with Crippen molar-refractivity contribution in [1.29, 1.82) is 0 Å². The highest BCUT2D eigenvalue weighted by molar-refractivity contribution is 5.93. The number of hydrogen-bond donors (Lipinski definition) is 1. The zero-order chi connectivity index (χ0) is 16.4. The first kappa shape index (κ1) is 15.5. The van der Waals surface area contributed by atoms with Crippen LogP contribution in [0.4, 0.5) is 0 Å². The molecule has 1 fully saturated rings. The monoisotopic (exact) mass is 316 g/mol. The Kier molecular flexibility index (Phi) is 4.27. The van der Waals surface area contributed by atoms with E-state index >= 15 is 0 Å². The van der Waals surface area contributed by atoms with Crippen LogP contribution in [-0.2, 0) is 0 Å². The molecule has 7 nitrogen and oxygen atoms in total. The minimum Gasteiger partial charge on any atom is -0.425 e. The predicted molar refractivity (Wildman–Crippen MR) is 83.3 cm³/mol. The molecule has 7 heteroatoms. The summed E-state index contributed by atoms with van der Waals surface area (Å²) in [5.74, 6) is 1.69. The van der Waals surface area contributed by atoms with Gasteiger partial charge >= 0.3 is 0 Å². The Morgan fingerprint density at radius 2 is 2.04 bits per heavy atom. The molecule has 0 aliphatic carbocycles. The van der Waals surface area contributed by atoms with Gasteiger partial charge < -0.3 is 14.3 Å². The van der Waals surface area contributed by atoms with Gasteiger partial charge in [-0.15, -0.1) is 10.2 Å². The number of rotatable bonds is 3. The molecule has 3 rings (SSSR count). The summed E-state index contributed by atoms with van der Waals surface area (Å²) < 4.78 is 5.71. The van der Waals surface area contributed by atoms with Gasteiger partial charge in [-0.2, -0.15) is 0 Å². The van der Waals surface area contributed by atoms with E-state index in [1.54, 1.807) is 11.0 Å². The van der Waals surface area contributed by atoms with Crippen molar-refractivity contribution in [2.75, 3.05) is 13.1 Å². The van der Waals surface area contributed by atoms with Gasteiger partial charge in [0.25, 0.3) is 5.91 Å². The fourth-order valence-electron chi connectivity index (χ4n) is 2.70. The summed E-state index contributed by atoms with van der Waals surface area (Å²) in [5.41, 5.74) is 0.292. The molecule has 1 saturated heterocycles. The summed E-state index contributed by atoms with van der Waals surface area (Å²) in [4.78, 5) is 27.8. The first-order valence-electron chi connectivity index (χ1n) is 7.86. The maximum atomic E-state index is 12.4. The van der Waals surface area contributed by atoms with Crippen molar-refractivity contribution in [3.8, 4) is 0 Å². The Balaban J connectivity index is 1.62. The van der Waals surface area contributed by atoms with Gasteiger partial charge in [-0.3, -0.25) is 9.59 Å². The number of piperidine rings is 1. The van der Waals surface area contributed by atoms with Crippen LogP contribution in [0.25, 0.3) is 0 Å². The maximum absolute atomic E-state index is 12.4. The Morgan fingerprint density at radius 3 is 2.61 bits per heavy atom. The second-order valence-electron chi connectivity index (χ2n) is 6.14. The molecule has 0 radical (unpaired) electrons. The molecule has 1 amide bonds. The van der Waals surface area contributed by atoms with Crippen LogP contribution in [0, 0.1) is 0 Å². The van der Waals surface area contributed by atoms with Crippen LogP contribution < -0.4 is 5.56 Å². The number of amides is 1. The summed E-state index contributed by atoms with van der Waals surface area (Å²) >= 11 is 0. The van der Waals surface area contributed by atoms with Crippen molar-refractivity contribution in [2.24, 2.45) is 0 Å². The molecule has 0 aromatic carbocycles. The molecular formula is C16H20N4O3. The molecule has 0 bridgehead atoms. The molecule has 1 aliphatic heterocycles. The number of nitrogens with zero attached hydrogens (tertiary/aromatic N) is 3. The van der Waals surface area contributed by atoms with Gasteiger partial charge in [-0.1, -0.05) is 13.8 Å². The van der Waals surface area contributed by atoms with Gasteiger partial charge in [0.15, 0.2) is 0 Å². The summed E-state index contributed by atoms with van der Waals surface area (Å²) in [6.45, 7) is 5.32. The number of aromatic nitrogens is 3. The minimum absolute atomic E-state index is 0.0619. The number of pyridine rings is 1. The molecule has 0 atom stereocenters. The third kappa shape index (κ3) is 3.33. The second-order valence-corrected chi connectivity index (χ2v) is 6.14. The van der Waals surface area contributed by atoms with Crippen LogP contribution >= 0.6 is 0 Å². The summed E-state index contributed by atoms with van der Waals surface area (Å²) in [5, 5.41) is 8.21. The molecule has 0 unspecified atom stereocenters. The molecule has 0 spiro atoms. The van der Waals surface area contributed by atoms with Crippen molar-refractivity contribution >= 4 is 5.91 Å². The van der Waals surface area contributed by atoms with E-state index in [2.05, 4.69) is 15.2 Å². The quantitative estimate of drug-likeness (QED) is 0.933. The first-order chi connectivity index (χ1) is 11.0. The van der Waals surface area contributed by atoms with Crippen LogP contribution in [0.2, 0.25) is 0 Å². The number of aromatic amines is 1. The summed E-state index contributed by atoms with van der Waals surface area (Å²) in [6, 6.07) is 2.92. The normalized spacial score (nSPS) is 16.0. The van der Waals surface area contributed by atoms with Gasteiger partial charge in [0.1, 0.15) is 0 Å². The number of likely N-dealkylation sites (tertiary alicyclic amines) is 1. The Bertz CT molecular complexity index is 721. The SMILES string of the molecule is CC(C)c1nnc(C2CCN(C(=O)c3ccc(=O)[nH]c3)CC2)o1. The van der Waals surface area contributed by atoms with E-state index in [-0.39, 0.29) is 23.3 Å². The molecule has 2 aromatic rings. The fraction of sp³-hybridized carbons (Fsp3) is 0.500. The summed E-state index contributed by atoms with van der Waals surface area (Å²) in [7, 11) is 0. The lowest BCUT2D eigenvalue weighted by atomic mass is 9.96. The zero-order valence-corrected chi connectivity index (χ0v) is 13.3. The molecule has 122 valence electrons. The minimum atomic E-state index is -0.211. The standard InChI is InChI=1S/C16H20N4O3/c1-10(2)14-18-19-15(23-14)11-5-7-20(8-6-11)16(22)12-3-4-13(21)17-9-12/h3-4,9-11H,5-8H2,1-2H3,(H,17,21). The van der Waals surface area contributed by atoms with Gasteiger partial charge in [-0.05, 0) is 18.9 Å². The maximum Gasteiger partial charge on any atom is 0.255 e. The van der Waals surface area contributed by atoms with Crippen LogP contribution in [0.1, 0.15) is 60.7 Å². The number of carbonyl (C=O) groups excluding carboxylic acids is 1. The third-order valence-electron chi connectivity index (χ3n) is 4.11. The Labute approximate surface area is 133 Å². The van der Waals surface area contributed by atoms with E-state index in [0.29, 0.717) is 30.4 Å². The van der Waals surface area contributed by atoms with Crippen molar-refractivity contribution in [2.45, 2.75) is 38.5 Å². The number of carbonyl (C=O) groups is 1. The largest absolute Gasteiger partial charge is 0.425 e. The predicted octanol–water partition coefficient (Wildman–Crippen LogP) is 1.90. The number of hydrogen-bond acceptors (Lipinski definition) is 5. The lowest BCUT2D eigenvalue weighted by Crippen LogP contribution is -2.38. The molecule has 2 aromatic heterocycles. The van der Waals surface area contributed by atoms with E-state index in [9.17, 15) is 9.59 Å². The van der Waals surface area contributed by atoms with Crippen molar-refractivity contribution < 1.29 is 9.21 Å². The first-order valence-corrected chi connectivity index (χ1v) is 7.86. The van der Waals surface area contributed by atoms with Crippen LogP contribution in [0.3, 0.4) is 0 Å². The van der Waals surface area contributed by atoms with Crippen molar-refractivity contribution in [3.05, 3.63) is 46.0 Å². The van der Waals surface area contributed by atoms with Crippen molar-refractivity contribution in [1.82, 2.24) is 20.1 Å². The Morgan fingerprint density at radius 1 is 1.30 bits per heavy atom. The molecule has 1 aliphatic rings. The summed E-state index contributed by atoms with van der Waals surface area (Å²) in [6.07, 6.45) is 3.06. The Hall–Kier alpha value is -2.44. The van der Waals surface area contributed by atoms with E-state index < -0.39 is 0 Å². The van der Waals surface area contributed by atoms with E-state index in [1.807, 2.05) is 13.8 Å². The second kappa shape index (κ2) is 6.36. The lowest BCUT2D eigenvalue weighted by molar-refractivity contribution is 0.0705. The van der Waals surface area contributed by atoms with E-state index in [0.717, 1.165) is 12.8 Å². The number of H-pyrrole nitrogens is 1. The van der Waals surface area contributed by atoms with Crippen LogP contribution in [0.15, 0.2) is 27.5 Å². The van der Waals surface area contributed by atoms with Crippen LogP contribution in [-0.4, -0.2) is 39.1 Å². The highest BCUT2D eigenvalue weighted by Crippen LogP contribution is 2.28. The van der Waals surface area contributed by atoms with Gasteiger partial charge in [0.05, 0.1) is 5.56 Å². The average Bonchev–Trinajstić information content (AvgIpc) is 3.05. The fourth-order valence-corrected chi connectivity index (χ4v) is 2.70. The zero-order valence-electron chi connectivity index (χ0n) is 13.3. The van der Waals surface area contributed by atoms with Crippen LogP contribution in [0.5, 0.6) is 0 Å². The third-order valence-corrected chi connectivity index (χ3v) is 4.11. The van der Waals surface area contributed by atoms with E-state index in [4.69, 9.17) is 4.42 Å². The molecule has 1 N–H and O–H groups in total. The molecule has 0 saturated carbocycles. The lowest BCUT2D eigenvalue weighted by Gasteiger charge is -2.30. The van der Waals surface area contributed by atoms with Gasteiger partial charge in [0.2, 0.25) is 17.3 Å². The molecule has 3 heterocycles. The average molecular weight is 316 g/mol. The highest BCUT2D eigenvalue weighted by atomic mass is 16.4.